The van der Waals surface area contributed by atoms with Crippen molar-refractivity contribution in [2.45, 2.75) is 19.8 Å². The number of rotatable bonds is 4. The molecular formula is C14H20N2O2. The lowest BCUT2D eigenvalue weighted by Crippen LogP contribution is -2.32. The minimum atomic E-state index is 0.667. The second-order valence-corrected chi connectivity index (χ2v) is 4.82. The van der Waals surface area contributed by atoms with Crippen molar-refractivity contribution in [1.29, 1.82) is 0 Å². The Morgan fingerprint density at radius 2 is 2.11 bits per heavy atom. The van der Waals surface area contributed by atoms with Gasteiger partial charge in [0.05, 0.1) is 12.8 Å². The van der Waals surface area contributed by atoms with Crippen LogP contribution in [0.2, 0.25) is 0 Å². The van der Waals surface area contributed by atoms with E-state index in [1.165, 1.54) is 12.8 Å². The monoisotopic (exact) mass is 248 g/mol. The first-order valence-electron chi connectivity index (χ1n) is 6.37. The lowest BCUT2D eigenvalue weighted by molar-refractivity contribution is -0.105. The third kappa shape index (κ3) is 2.75. The first-order chi connectivity index (χ1) is 8.74. The number of nitrogens with zero attached hydrogens (tertiary/aromatic N) is 1. The van der Waals surface area contributed by atoms with Crippen molar-refractivity contribution < 1.29 is 9.53 Å². The van der Waals surface area contributed by atoms with Crippen LogP contribution in [0.15, 0.2) is 18.2 Å². The number of carbonyl (C=O) groups is 1. The molecule has 18 heavy (non-hydrogen) atoms. The number of hydrogen-bond donors (Lipinski definition) is 1. The molecule has 0 aromatic heterocycles. The van der Waals surface area contributed by atoms with Gasteiger partial charge in [-0.1, -0.05) is 6.92 Å². The van der Waals surface area contributed by atoms with Gasteiger partial charge in [-0.2, -0.15) is 0 Å². The maximum absolute atomic E-state index is 10.5. The maximum Gasteiger partial charge on any atom is 0.211 e. The van der Waals surface area contributed by atoms with Gasteiger partial charge in [0.25, 0.3) is 0 Å². The summed E-state index contributed by atoms with van der Waals surface area (Å²) < 4.78 is 5.30. The largest absolute Gasteiger partial charge is 0.494 e. The SMILES string of the molecule is COc1cc(N2CCC(C)CC2)ccc1NC=O. The van der Waals surface area contributed by atoms with E-state index in [9.17, 15) is 4.79 Å². The van der Waals surface area contributed by atoms with Gasteiger partial charge in [0.1, 0.15) is 5.75 Å². The summed E-state index contributed by atoms with van der Waals surface area (Å²) in [6.45, 7) is 4.48. The van der Waals surface area contributed by atoms with E-state index >= 15 is 0 Å². The van der Waals surface area contributed by atoms with E-state index < -0.39 is 0 Å². The molecule has 1 aromatic rings. The van der Waals surface area contributed by atoms with Gasteiger partial charge in [0.2, 0.25) is 6.41 Å². The van der Waals surface area contributed by atoms with Crippen molar-refractivity contribution in [2.24, 2.45) is 5.92 Å². The van der Waals surface area contributed by atoms with E-state index in [2.05, 4.69) is 17.1 Å². The molecule has 0 atom stereocenters. The van der Waals surface area contributed by atoms with Crippen LogP contribution in [-0.2, 0) is 4.79 Å². The molecule has 1 aliphatic rings. The molecule has 1 aromatic carbocycles. The molecule has 1 heterocycles. The molecule has 1 saturated heterocycles. The standard InChI is InChI=1S/C14H20N2O2/c1-11-5-7-16(8-6-11)12-3-4-13(15-10-17)14(9-12)18-2/h3-4,9-11H,5-8H2,1-2H3,(H,15,17). The summed E-state index contributed by atoms with van der Waals surface area (Å²) in [5.74, 6) is 1.53. The Hall–Kier alpha value is -1.71. The van der Waals surface area contributed by atoms with Crippen molar-refractivity contribution in [3.63, 3.8) is 0 Å². The lowest BCUT2D eigenvalue weighted by atomic mass is 9.99. The van der Waals surface area contributed by atoms with Crippen LogP contribution in [0, 0.1) is 5.92 Å². The molecule has 0 unspecified atom stereocenters. The number of anilines is 2. The zero-order valence-corrected chi connectivity index (χ0v) is 11.0. The van der Waals surface area contributed by atoms with Crippen LogP contribution in [0.1, 0.15) is 19.8 Å². The number of amides is 1. The van der Waals surface area contributed by atoms with Gasteiger partial charge in [-0.3, -0.25) is 4.79 Å². The van der Waals surface area contributed by atoms with Gasteiger partial charge in [-0.25, -0.2) is 0 Å². The van der Waals surface area contributed by atoms with Crippen LogP contribution in [-0.4, -0.2) is 26.6 Å². The summed E-state index contributed by atoms with van der Waals surface area (Å²) in [5.41, 5.74) is 1.87. The van der Waals surface area contributed by atoms with Crippen LogP contribution < -0.4 is 15.0 Å². The molecule has 1 fully saturated rings. The van der Waals surface area contributed by atoms with Crippen LogP contribution in [0.3, 0.4) is 0 Å². The Bertz CT molecular complexity index is 412. The summed E-state index contributed by atoms with van der Waals surface area (Å²) >= 11 is 0. The molecule has 0 aliphatic carbocycles. The quantitative estimate of drug-likeness (QED) is 0.832. The minimum absolute atomic E-state index is 0.667. The van der Waals surface area contributed by atoms with Gasteiger partial charge in [-0.05, 0) is 30.9 Å². The van der Waals surface area contributed by atoms with Gasteiger partial charge < -0.3 is 15.0 Å². The van der Waals surface area contributed by atoms with Crippen LogP contribution in [0.25, 0.3) is 0 Å². The molecule has 1 aliphatic heterocycles. The molecular weight excluding hydrogens is 228 g/mol. The third-order valence-corrected chi connectivity index (χ3v) is 3.55. The van der Waals surface area contributed by atoms with Crippen LogP contribution in [0.4, 0.5) is 11.4 Å². The molecule has 0 radical (unpaired) electrons. The summed E-state index contributed by atoms with van der Waals surface area (Å²) in [5, 5.41) is 2.64. The third-order valence-electron chi connectivity index (χ3n) is 3.55. The highest BCUT2D eigenvalue weighted by atomic mass is 16.5. The number of benzene rings is 1. The van der Waals surface area contributed by atoms with Gasteiger partial charge >= 0.3 is 0 Å². The second-order valence-electron chi connectivity index (χ2n) is 4.82. The molecule has 0 bridgehead atoms. The van der Waals surface area contributed by atoms with E-state index in [1.807, 2.05) is 18.2 Å². The second kappa shape index (κ2) is 5.76. The fourth-order valence-corrected chi connectivity index (χ4v) is 2.33. The summed E-state index contributed by atoms with van der Waals surface area (Å²) in [6.07, 6.45) is 3.13. The first kappa shape index (κ1) is 12.7. The van der Waals surface area contributed by atoms with E-state index in [0.717, 1.165) is 24.7 Å². The average molecular weight is 248 g/mol. The van der Waals surface area contributed by atoms with Crippen molar-refractivity contribution >= 4 is 17.8 Å². The van der Waals surface area contributed by atoms with Crippen LogP contribution in [0.5, 0.6) is 5.75 Å². The smallest absolute Gasteiger partial charge is 0.211 e. The number of nitrogens with one attached hydrogen (secondary N) is 1. The minimum Gasteiger partial charge on any atom is -0.494 e. The Morgan fingerprint density at radius 3 is 2.72 bits per heavy atom. The molecule has 2 rings (SSSR count). The highest BCUT2D eigenvalue weighted by Gasteiger charge is 2.17. The van der Waals surface area contributed by atoms with E-state index in [4.69, 9.17) is 4.74 Å². The highest BCUT2D eigenvalue weighted by molar-refractivity contribution is 5.77. The molecule has 4 nitrogen and oxygen atoms in total. The number of carbonyl (C=O) groups excluding carboxylic acids is 1. The van der Waals surface area contributed by atoms with Crippen molar-refractivity contribution in [3.05, 3.63) is 18.2 Å². The van der Waals surface area contributed by atoms with Gasteiger partial charge in [0, 0.05) is 24.8 Å². The molecule has 0 saturated carbocycles. The number of methoxy groups -OCH3 is 1. The normalized spacial score (nSPS) is 16.4. The molecule has 0 spiro atoms. The van der Waals surface area contributed by atoms with Gasteiger partial charge in [0.15, 0.2) is 0 Å². The summed E-state index contributed by atoms with van der Waals surface area (Å²) in [6, 6.07) is 5.91. The zero-order valence-electron chi connectivity index (χ0n) is 11.0. The van der Waals surface area contributed by atoms with E-state index in [0.29, 0.717) is 17.8 Å². The molecule has 4 heteroatoms. The number of ether oxygens (including phenoxy) is 1. The van der Waals surface area contributed by atoms with Gasteiger partial charge in [-0.15, -0.1) is 0 Å². The van der Waals surface area contributed by atoms with Crippen molar-refractivity contribution in [3.8, 4) is 5.75 Å². The number of hydrogen-bond acceptors (Lipinski definition) is 3. The van der Waals surface area contributed by atoms with E-state index in [-0.39, 0.29) is 0 Å². The molecule has 1 amide bonds. The Labute approximate surface area is 108 Å². The highest BCUT2D eigenvalue weighted by Crippen LogP contribution is 2.31. The maximum atomic E-state index is 10.5. The van der Waals surface area contributed by atoms with E-state index in [1.54, 1.807) is 7.11 Å². The Kier molecular flexibility index (Phi) is 4.07. The Balaban J connectivity index is 2.16. The fourth-order valence-electron chi connectivity index (χ4n) is 2.33. The first-order valence-corrected chi connectivity index (χ1v) is 6.37. The average Bonchev–Trinajstić information content (AvgIpc) is 2.40. The summed E-state index contributed by atoms with van der Waals surface area (Å²) in [7, 11) is 1.62. The summed E-state index contributed by atoms with van der Waals surface area (Å²) in [4.78, 5) is 12.9. The fraction of sp³-hybridized carbons (Fsp3) is 0.500. The number of piperidine rings is 1. The predicted octanol–water partition coefficient (Wildman–Crippen LogP) is 2.50. The van der Waals surface area contributed by atoms with Crippen molar-refractivity contribution in [2.75, 3.05) is 30.4 Å². The Morgan fingerprint density at radius 1 is 1.39 bits per heavy atom. The van der Waals surface area contributed by atoms with Crippen LogP contribution >= 0.6 is 0 Å². The molecule has 1 N–H and O–H groups in total. The zero-order chi connectivity index (χ0) is 13.0. The van der Waals surface area contributed by atoms with Crippen molar-refractivity contribution in [1.82, 2.24) is 0 Å². The topological polar surface area (TPSA) is 41.6 Å². The lowest BCUT2D eigenvalue weighted by Gasteiger charge is -2.32. The predicted molar refractivity (Wildman–Crippen MR) is 73.3 cm³/mol. The molecule has 98 valence electrons.